The first-order chi connectivity index (χ1) is 19.3. The third kappa shape index (κ3) is 6.27. The van der Waals surface area contributed by atoms with Crippen LogP contribution >= 0.6 is 0 Å². The van der Waals surface area contributed by atoms with Crippen molar-refractivity contribution in [2.75, 3.05) is 5.75 Å². The van der Waals surface area contributed by atoms with E-state index < -0.39 is 21.9 Å². The molecule has 7 nitrogen and oxygen atoms in total. The number of carbonyl (C=O) groups excluding carboxylic acids is 1. The van der Waals surface area contributed by atoms with E-state index in [0.29, 0.717) is 48.9 Å². The highest BCUT2D eigenvalue weighted by Gasteiger charge is 2.63. The molecule has 0 unspecified atom stereocenters. The quantitative estimate of drug-likeness (QED) is 0.300. The van der Waals surface area contributed by atoms with E-state index >= 15 is 0 Å². The number of aliphatic hydroxyl groups excluding tert-OH is 2. The van der Waals surface area contributed by atoms with Crippen molar-refractivity contribution >= 4 is 16.0 Å². The summed E-state index contributed by atoms with van der Waals surface area (Å²) in [5, 5.41) is 25.0. The van der Waals surface area contributed by atoms with Crippen molar-refractivity contribution in [3.63, 3.8) is 0 Å². The summed E-state index contributed by atoms with van der Waals surface area (Å²) in [4.78, 5) is 13.0. The number of fused-ring (bicyclic) bond motifs is 5. The average molecular weight is 590 g/mol. The van der Waals surface area contributed by atoms with E-state index in [1.165, 1.54) is 12.8 Å². The second kappa shape index (κ2) is 11.9. The van der Waals surface area contributed by atoms with Crippen LogP contribution in [0.2, 0.25) is 0 Å². The average Bonchev–Trinajstić information content (AvgIpc) is 3.27. The molecule has 1 aromatic rings. The number of carbonyl (C=O) groups is 1. The third-order valence-corrected chi connectivity index (χ3v) is 13.3. The maximum absolute atomic E-state index is 13.0. The van der Waals surface area contributed by atoms with Crippen LogP contribution < -0.4 is 5.32 Å². The van der Waals surface area contributed by atoms with Crippen molar-refractivity contribution in [2.24, 2.45) is 46.3 Å². The van der Waals surface area contributed by atoms with E-state index in [4.69, 9.17) is 0 Å². The molecular formula is C33H51NO6S. The first-order valence-electron chi connectivity index (χ1n) is 16.0. The van der Waals surface area contributed by atoms with Gasteiger partial charge in [0.2, 0.25) is 5.91 Å². The molecule has 1 aromatic carbocycles. The van der Waals surface area contributed by atoms with E-state index in [1.807, 2.05) is 30.3 Å². The van der Waals surface area contributed by atoms with Crippen LogP contribution in [0.25, 0.3) is 0 Å². The minimum Gasteiger partial charge on any atom is -0.393 e. The molecule has 0 aliphatic heterocycles. The van der Waals surface area contributed by atoms with Gasteiger partial charge in [-0.25, -0.2) is 0 Å². The number of hydrogen-bond donors (Lipinski definition) is 4. The molecule has 0 spiro atoms. The van der Waals surface area contributed by atoms with Crippen molar-refractivity contribution in [1.29, 1.82) is 0 Å². The smallest absolute Gasteiger partial charge is 0.266 e. The molecule has 4 N–H and O–H groups in total. The molecule has 5 rings (SSSR count). The number of benzene rings is 1. The first kappa shape index (κ1) is 31.0. The molecule has 230 valence electrons. The summed E-state index contributed by atoms with van der Waals surface area (Å²) in [5.41, 5.74) is 0.955. The minimum atomic E-state index is -4.24. The zero-order valence-corrected chi connectivity index (χ0v) is 25.9. The van der Waals surface area contributed by atoms with E-state index in [9.17, 15) is 28.0 Å². The Bertz CT molecular complexity index is 1180. The minimum absolute atomic E-state index is 0.157. The Morgan fingerprint density at radius 1 is 1.02 bits per heavy atom. The fraction of sp³-hybridized carbons (Fsp3) is 0.788. The Balaban J connectivity index is 1.21. The van der Waals surface area contributed by atoms with Gasteiger partial charge in [-0.1, -0.05) is 51.1 Å². The van der Waals surface area contributed by atoms with Crippen molar-refractivity contribution in [1.82, 2.24) is 5.32 Å². The second-order valence-corrected chi connectivity index (χ2v) is 16.1. The summed E-state index contributed by atoms with van der Waals surface area (Å²) in [6.45, 7) is 6.97. The predicted molar refractivity (Wildman–Crippen MR) is 160 cm³/mol. The van der Waals surface area contributed by atoms with Crippen LogP contribution in [0.5, 0.6) is 0 Å². The van der Waals surface area contributed by atoms with Crippen molar-refractivity contribution in [3.8, 4) is 0 Å². The van der Waals surface area contributed by atoms with Gasteiger partial charge in [0.25, 0.3) is 10.1 Å². The summed E-state index contributed by atoms with van der Waals surface area (Å²) in [7, 11) is -4.24. The Hall–Kier alpha value is -1.48. The van der Waals surface area contributed by atoms with Crippen LogP contribution in [-0.2, 0) is 21.3 Å². The third-order valence-electron chi connectivity index (χ3n) is 12.4. The lowest BCUT2D eigenvalue weighted by Gasteiger charge is -2.62. The highest BCUT2D eigenvalue weighted by atomic mass is 32.2. The maximum Gasteiger partial charge on any atom is 0.266 e. The van der Waals surface area contributed by atoms with Crippen molar-refractivity contribution in [2.45, 2.75) is 110 Å². The molecule has 8 heteroatoms. The largest absolute Gasteiger partial charge is 0.393 e. The molecule has 0 radical (unpaired) electrons. The van der Waals surface area contributed by atoms with Gasteiger partial charge < -0.3 is 15.5 Å². The van der Waals surface area contributed by atoms with Crippen LogP contribution in [-0.4, -0.2) is 53.1 Å². The fourth-order valence-corrected chi connectivity index (χ4v) is 11.0. The monoisotopic (exact) mass is 589 g/mol. The second-order valence-electron chi connectivity index (χ2n) is 14.6. The highest BCUT2D eigenvalue weighted by Crippen LogP contribution is 2.68. The van der Waals surface area contributed by atoms with Gasteiger partial charge in [0.05, 0.1) is 18.0 Å². The molecule has 0 saturated heterocycles. The molecule has 4 aliphatic rings. The molecule has 4 saturated carbocycles. The van der Waals surface area contributed by atoms with Crippen LogP contribution in [0, 0.1) is 46.3 Å². The van der Waals surface area contributed by atoms with E-state index in [1.54, 1.807) is 0 Å². The lowest BCUT2D eigenvalue weighted by atomic mass is 9.43. The van der Waals surface area contributed by atoms with Gasteiger partial charge >= 0.3 is 0 Å². The van der Waals surface area contributed by atoms with Gasteiger partial charge in [0, 0.05) is 12.5 Å². The van der Waals surface area contributed by atoms with Gasteiger partial charge in [-0.2, -0.15) is 8.42 Å². The molecule has 4 aliphatic carbocycles. The number of rotatable bonds is 9. The summed E-state index contributed by atoms with van der Waals surface area (Å²) >= 11 is 0. The van der Waals surface area contributed by atoms with E-state index in [2.05, 4.69) is 26.1 Å². The standard InChI is InChI=1S/C33H51NO6S/c1-21(9-14-31(37)34-24(20-41(38,39)40)17-22-7-5-4-6-8-22)27-12-13-28-26-11-10-23-18-25(35)15-16-32(23,2)29(26)19-30(36)33(27,28)3/h4-8,21,23-30,35-36H,9-20H2,1-3H3,(H,34,37)(H,38,39,40)/t21-,23-,24+,25-,26+,27-,28+,29+,30+,32+,33-/m1/s1. The van der Waals surface area contributed by atoms with E-state index in [-0.39, 0.29) is 34.9 Å². The predicted octanol–water partition coefficient (Wildman–Crippen LogP) is 5.01. The lowest BCUT2D eigenvalue weighted by molar-refractivity contribution is -0.174. The Morgan fingerprint density at radius 3 is 2.46 bits per heavy atom. The zero-order valence-electron chi connectivity index (χ0n) is 25.0. The molecule has 1 amide bonds. The van der Waals surface area contributed by atoms with Gasteiger partial charge in [0.15, 0.2) is 0 Å². The number of nitrogens with one attached hydrogen (secondary N) is 1. The number of hydrogen-bond acceptors (Lipinski definition) is 5. The van der Waals surface area contributed by atoms with Gasteiger partial charge in [-0.3, -0.25) is 9.35 Å². The molecule has 4 fully saturated rings. The van der Waals surface area contributed by atoms with Gasteiger partial charge in [-0.15, -0.1) is 0 Å². The number of aliphatic hydroxyl groups is 2. The molecule has 0 aromatic heterocycles. The van der Waals surface area contributed by atoms with Crippen LogP contribution in [0.3, 0.4) is 0 Å². The van der Waals surface area contributed by atoms with Crippen LogP contribution in [0.1, 0.15) is 90.5 Å². The van der Waals surface area contributed by atoms with Crippen LogP contribution in [0.4, 0.5) is 0 Å². The SMILES string of the molecule is C[C@H](CCC(=O)N[C@@H](Cc1ccccc1)CS(=O)(=O)O)[C@H]1CC[C@H]2[C@@H]3CC[C@@H]4C[C@H](O)CC[C@]4(C)[C@H]3C[C@H](O)[C@]12C. The first-order valence-corrected chi connectivity index (χ1v) is 17.6. The molecule has 0 heterocycles. The summed E-state index contributed by atoms with van der Waals surface area (Å²) in [5.74, 6) is 2.08. The van der Waals surface area contributed by atoms with E-state index in [0.717, 1.165) is 44.1 Å². The molecule has 0 bridgehead atoms. The maximum atomic E-state index is 13.0. The van der Waals surface area contributed by atoms with Crippen molar-refractivity contribution in [3.05, 3.63) is 35.9 Å². The summed E-state index contributed by atoms with van der Waals surface area (Å²) < 4.78 is 32.7. The Labute approximate surface area is 246 Å². The topological polar surface area (TPSA) is 124 Å². The Morgan fingerprint density at radius 2 is 1.76 bits per heavy atom. The molecule has 11 atom stereocenters. The molecule has 41 heavy (non-hydrogen) atoms. The van der Waals surface area contributed by atoms with Gasteiger partial charge in [0.1, 0.15) is 0 Å². The number of amides is 1. The Kier molecular flexibility index (Phi) is 8.98. The van der Waals surface area contributed by atoms with Gasteiger partial charge in [-0.05, 0) is 116 Å². The van der Waals surface area contributed by atoms with Crippen molar-refractivity contribution < 1.29 is 28.0 Å². The van der Waals surface area contributed by atoms with Crippen LogP contribution in [0.15, 0.2) is 30.3 Å². The summed E-state index contributed by atoms with van der Waals surface area (Å²) in [6.07, 6.45) is 9.07. The fourth-order valence-electron chi connectivity index (χ4n) is 10.3. The molecular weight excluding hydrogens is 538 g/mol. The summed E-state index contributed by atoms with van der Waals surface area (Å²) in [6, 6.07) is 8.68. The highest BCUT2D eigenvalue weighted by molar-refractivity contribution is 7.85. The lowest BCUT2D eigenvalue weighted by Crippen LogP contribution is -2.58. The normalized spacial score (nSPS) is 40.1. The zero-order chi connectivity index (χ0) is 29.6.